The van der Waals surface area contributed by atoms with Gasteiger partial charge < -0.3 is 0 Å². The van der Waals surface area contributed by atoms with Gasteiger partial charge in [0.2, 0.25) is 0 Å². The topological polar surface area (TPSA) is 27.6 Å². The van der Waals surface area contributed by atoms with Crippen molar-refractivity contribution in [3.8, 4) is 0 Å². The van der Waals surface area contributed by atoms with E-state index in [-0.39, 0.29) is 0 Å². The second kappa shape index (κ2) is 9.17. The molecule has 3 heteroatoms. The Labute approximate surface area is 69.8 Å². The molecule has 0 aromatic carbocycles. The van der Waals surface area contributed by atoms with E-state index in [1.165, 1.54) is 0 Å². The third-order valence-corrected chi connectivity index (χ3v) is 1.00. The van der Waals surface area contributed by atoms with Crippen molar-refractivity contribution in [2.75, 3.05) is 14.1 Å². The predicted octanol–water partition coefficient (Wildman–Crippen LogP) is 1.64. The second-order valence-electron chi connectivity index (χ2n) is 1.59. The Morgan fingerprint density at radius 2 is 2.00 bits per heavy atom. The highest BCUT2D eigenvalue weighted by atomic mass is 15.5. The van der Waals surface area contributed by atoms with Crippen molar-refractivity contribution >= 4 is 6.21 Å². The van der Waals surface area contributed by atoms with Gasteiger partial charge in [-0.1, -0.05) is 20.4 Å². The van der Waals surface area contributed by atoms with Crippen LogP contribution in [0, 0.1) is 0 Å². The molecule has 0 spiro atoms. The molecular formula is C8H19N3. The fourth-order valence-corrected chi connectivity index (χ4v) is 0.365. The van der Waals surface area contributed by atoms with Crippen LogP contribution in [0.1, 0.15) is 20.8 Å². The van der Waals surface area contributed by atoms with E-state index in [4.69, 9.17) is 0 Å². The van der Waals surface area contributed by atoms with Crippen LogP contribution in [-0.4, -0.2) is 25.3 Å². The lowest BCUT2D eigenvalue weighted by molar-refractivity contribution is 0.331. The number of rotatable bonds is 3. The molecular weight excluding hydrogens is 138 g/mol. The van der Waals surface area contributed by atoms with Crippen LogP contribution in [0.25, 0.3) is 0 Å². The SMILES string of the molecule is C=C(/N=C\C)N(C)NC.CC. The van der Waals surface area contributed by atoms with Crippen molar-refractivity contribution in [1.82, 2.24) is 10.4 Å². The quantitative estimate of drug-likeness (QED) is 0.498. The summed E-state index contributed by atoms with van der Waals surface area (Å²) in [5.41, 5.74) is 2.87. The Kier molecular flexibility index (Phi) is 10.7. The predicted molar refractivity (Wildman–Crippen MR) is 51.5 cm³/mol. The minimum Gasteiger partial charge on any atom is -0.296 e. The van der Waals surface area contributed by atoms with Crippen molar-refractivity contribution in [3.05, 3.63) is 12.4 Å². The zero-order valence-corrected chi connectivity index (χ0v) is 8.18. The maximum Gasteiger partial charge on any atom is 0.134 e. The van der Waals surface area contributed by atoms with Gasteiger partial charge in [0.15, 0.2) is 0 Å². The van der Waals surface area contributed by atoms with Gasteiger partial charge in [-0.15, -0.1) is 0 Å². The van der Waals surface area contributed by atoms with Crippen LogP contribution in [0.4, 0.5) is 0 Å². The van der Waals surface area contributed by atoms with E-state index in [0.29, 0.717) is 5.82 Å². The van der Waals surface area contributed by atoms with E-state index in [0.717, 1.165) is 0 Å². The van der Waals surface area contributed by atoms with Gasteiger partial charge in [0, 0.05) is 20.3 Å². The summed E-state index contributed by atoms with van der Waals surface area (Å²) in [7, 11) is 3.67. The summed E-state index contributed by atoms with van der Waals surface area (Å²) in [5, 5.41) is 1.74. The fourth-order valence-electron chi connectivity index (χ4n) is 0.365. The summed E-state index contributed by atoms with van der Waals surface area (Å²) < 4.78 is 0. The van der Waals surface area contributed by atoms with Crippen LogP contribution in [0.2, 0.25) is 0 Å². The molecule has 3 nitrogen and oxygen atoms in total. The van der Waals surface area contributed by atoms with E-state index in [9.17, 15) is 0 Å². The standard InChI is InChI=1S/C6H13N3.C2H6/c1-5-8-6(2)9(4)7-3;1-2/h5,7H,2H2,1,3-4H3;1-2H3/b8-5-;. The molecule has 0 aromatic rings. The van der Waals surface area contributed by atoms with Gasteiger partial charge in [0.05, 0.1) is 0 Å². The average molecular weight is 157 g/mol. The molecule has 0 fully saturated rings. The number of nitrogens with zero attached hydrogens (tertiary/aromatic N) is 2. The average Bonchev–Trinajstić information content (AvgIpc) is 2.07. The molecule has 0 saturated carbocycles. The van der Waals surface area contributed by atoms with Crippen molar-refractivity contribution in [2.24, 2.45) is 4.99 Å². The number of nitrogens with one attached hydrogen (secondary N) is 1. The van der Waals surface area contributed by atoms with Crippen LogP contribution in [-0.2, 0) is 0 Å². The van der Waals surface area contributed by atoms with Gasteiger partial charge in [0.1, 0.15) is 5.82 Å². The molecule has 0 aliphatic carbocycles. The maximum atomic E-state index is 3.94. The van der Waals surface area contributed by atoms with Crippen LogP contribution in [0.15, 0.2) is 17.4 Å². The minimum atomic E-state index is 0.708. The normalized spacial score (nSPS) is 8.82. The summed E-state index contributed by atoms with van der Waals surface area (Å²) >= 11 is 0. The molecule has 0 saturated heterocycles. The number of hydrogen-bond donors (Lipinski definition) is 1. The van der Waals surface area contributed by atoms with Crippen molar-refractivity contribution in [2.45, 2.75) is 20.8 Å². The van der Waals surface area contributed by atoms with E-state index in [2.05, 4.69) is 17.0 Å². The largest absolute Gasteiger partial charge is 0.296 e. The van der Waals surface area contributed by atoms with Crippen molar-refractivity contribution < 1.29 is 0 Å². The highest BCUT2D eigenvalue weighted by Crippen LogP contribution is 1.92. The lowest BCUT2D eigenvalue weighted by atomic mass is 10.7. The van der Waals surface area contributed by atoms with Crippen molar-refractivity contribution in [3.63, 3.8) is 0 Å². The van der Waals surface area contributed by atoms with E-state index < -0.39 is 0 Å². The van der Waals surface area contributed by atoms with Crippen molar-refractivity contribution in [1.29, 1.82) is 0 Å². The van der Waals surface area contributed by atoms with Gasteiger partial charge in [-0.3, -0.25) is 5.01 Å². The van der Waals surface area contributed by atoms with Gasteiger partial charge in [-0.05, 0) is 6.92 Å². The molecule has 0 aromatic heterocycles. The molecule has 0 aliphatic heterocycles. The first kappa shape index (κ1) is 12.8. The van der Waals surface area contributed by atoms with Crippen LogP contribution in [0.5, 0.6) is 0 Å². The van der Waals surface area contributed by atoms with Crippen LogP contribution >= 0.6 is 0 Å². The van der Waals surface area contributed by atoms with Gasteiger partial charge in [0.25, 0.3) is 0 Å². The first-order chi connectivity index (χ1) is 5.22. The molecule has 0 amide bonds. The Morgan fingerprint density at radius 1 is 1.55 bits per heavy atom. The molecule has 0 bridgehead atoms. The molecule has 0 radical (unpaired) electrons. The number of aliphatic imine (C=N–C) groups is 1. The van der Waals surface area contributed by atoms with E-state index >= 15 is 0 Å². The Morgan fingerprint density at radius 3 is 2.27 bits per heavy atom. The van der Waals surface area contributed by atoms with E-state index in [1.807, 2.05) is 34.9 Å². The Hall–Kier alpha value is -0.830. The summed E-state index contributed by atoms with van der Waals surface area (Å²) in [6, 6.07) is 0. The zero-order valence-electron chi connectivity index (χ0n) is 8.18. The lowest BCUT2D eigenvalue weighted by Crippen LogP contribution is -2.28. The smallest absolute Gasteiger partial charge is 0.134 e. The highest BCUT2D eigenvalue weighted by Gasteiger charge is 1.91. The zero-order chi connectivity index (χ0) is 9.28. The Bertz CT molecular complexity index is 119. The molecule has 0 rings (SSSR count). The van der Waals surface area contributed by atoms with Gasteiger partial charge in [-0.25, -0.2) is 10.4 Å². The first-order valence-electron chi connectivity index (χ1n) is 3.81. The van der Waals surface area contributed by atoms with Crippen LogP contribution < -0.4 is 5.43 Å². The summed E-state index contributed by atoms with van der Waals surface area (Å²) in [5.74, 6) is 0.708. The molecule has 0 atom stereocenters. The third-order valence-electron chi connectivity index (χ3n) is 1.00. The third kappa shape index (κ3) is 7.06. The minimum absolute atomic E-state index is 0.708. The Balaban J connectivity index is 0. The maximum absolute atomic E-state index is 3.94. The molecule has 66 valence electrons. The van der Waals surface area contributed by atoms with Gasteiger partial charge in [-0.2, -0.15) is 0 Å². The molecule has 11 heavy (non-hydrogen) atoms. The lowest BCUT2D eigenvalue weighted by Gasteiger charge is -2.15. The summed E-state index contributed by atoms with van der Waals surface area (Å²) in [6.07, 6.45) is 1.70. The number of hydrogen-bond acceptors (Lipinski definition) is 3. The highest BCUT2D eigenvalue weighted by molar-refractivity contribution is 5.54. The van der Waals surface area contributed by atoms with Gasteiger partial charge >= 0.3 is 0 Å². The molecule has 1 N–H and O–H groups in total. The fraction of sp³-hybridized carbons (Fsp3) is 0.625. The van der Waals surface area contributed by atoms with E-state index in [1.54, 1.807) is 11.2 Å². The summed E-state index contributed by atoms with van der Waals surface area (Å²) in [4.78, 5) is 3.94. The molecule has 0 unspecified atom stereocenters. The monoisotopic (exact) mass is 157 g/mol. The molecule has 0 aliphatic rings. The van der Waals surface area contributed by atoms with Crippen LogP contribution in [0.3, 0.4) is 0 Å². The number of hydrazine groups is 1. The first-order valence-corrected chi connectivity index (χ1v) is 3.81. The summed E-state index contributed by atoms with van der Waals surface area (Å²) in [6.45, 7) is 9.54. The molecule has 0 heterocycles. The second-order valence-corrected chi connectivity index (χ2v) is 1.59.